The molecule has 0 bridgehead atoms. The normalized spacial score (nSPS) is 11.9. The zero-order chi connectivity index (χ0) is 7.82. The second-order valence-corrected chi connectivity index (χ2v) is 3.14. The van der Waals surface area contributed by atoms with Gasteiger partial charge in [-0.2, -0.15) is 5.10 Å². The Hall–Kier alpha value is -0.380. The van der Waals surface area contributed by atoms with E-state index >= 15 is 0 Å². The Morgan fingerprint density at radius 1 is 1.50 bits per heavy atom. The maximum Gasteiger partial charge on any atom is 0.177 e. The lowest BCUT2D eigenvalue weighted by molar-refractivity contribution is 0.779. The van der Waals surface area contributed by atoms with Crippen LogP contribution >= 0.6 is 11.8 Å². The minimum atomic E-state index is 0.483. The molecule has 10 heavy (non-hydrogen) atoms. The van der Waals surface area contributed by atoms with E-state index in [0.29, 0.717) is 5.17 Å². The summed E-state index contributed by atoms with van der Waals surface area (Å²) in [5, 5.41) is 3.83. The third-order valence-corrected chi connectivity index (χ3v) is 2.02. The molecule has 0 spiro atoms. The van der Waals surface area contributed by atoms with Crippen LogP contribution in [0.5, 0.6) is 0 Å². The van der Waals surface area contributed by atoms with Gasteiger partial charge in [0, 0.05) is 5.75 Å². The van der Waals surface area contributed by atoms with E-state index in [4.69, 9.17) is 11.6 Å². The molecule has 0 aliphatic rings. The van der Waals surface area contributed by atoms with E-state index in [-0.39, 0.29) is 0 Å². The zero-order valence-electron chi connectivity index (χ0n) is 6.34. The summed E-state index contributed by atoms with van der Waals surface area (Å²) in [5.41, 5.74) is 5.34. The number of nitrogens with zero attached hydrogens (tertiary/aromatic N) is 1. The van der Waals surface area contributed by atoms with Crippen molar-refractivity contribution < 1.29 is 0 Å². The Kier molecular flexibility index (Phi) is 6.48. The zero-order valence-corrected chi connectivity index (χ0v) is 7.16. The van der Waals surface area contributed by atoms with Gasteiger partial charge in [-0.1, -0.05) is 31.5 Å². The van der Waals surface area contributed by atoms with Crippen molar-refractivity contribution in [3.05, 3.63) is 0 Å². The Morgan fingerprint density at radius 3 is 2.70 bits per heavy atom. The summed E-state index contributed by atoms with van der Waals surface area (Å²) >= 11 is 1.52. The highest BCUT2D eigenvalue weighted by molar-refractivity contribution is 8.13. The van der Waals surface area contributed by atoms with Crippen LogP contribution in [0.25, 0.3) is 0 Å². The van der Waals surface area contributed by atoms with E-state index < -0.39 is 0 Å². The van der Waals surface area contributed by atoms with Gasteiger partial charge in [0.2, 0.25) is 0 Å². The first-order valence-electron chi connectivity index (χ1n) is 3.47. The molecule has 0 aliphatic carbocycles. The number of hydrogen-bond donors (Lipinski definition) is 2. The molecule has 0 heterocycles. The lowest BCUT2D eigenvalue weighted by atomic mass is 10.3. The van der Waals surface area contributed by atoms with Crippen molar-refractivity contribution in [1.29, 1.82) is 0 Å². The highest BCUT2D eigenvalue weighted by Crippen LogP contribution is 2.04. The van der Waals surface area contributed by atoms with Crippen LogP contribution in [0.2, 0.25) is 0 Å². The van der Waals surface area contributed by atoms with E-state index in [0.717, 1.165) is 5.75 Å². The topological polar surface area (TPSA) is 64.4 Å². The smallest absolute Gasteiger partial charge is 0.177 e. The number of nitrogens with two attached hydrogens (primary N) is 2. The Bertz CT molecular complexity index is 103. The quantitative estimate of drug-likeness (QED) is 0.213. The maximum absolute atomic E-state index is 5.34. The van der Waals surface area contributed by atoms with Crippen molar-refractivity contribution in [1.82, 2.24) is 0 Å². The van der Waals surface area contributed by atoms with Crippen molar-refractivity contribution >= 4 is 16.9 Å². The molecule has 0 aromatic rings. The second kappa shape index (κ2) is 6.74. The van der Waals surface area contributed by atoms with Crippen LogP contribution in [0.3, 0.4) is 0 Å². The molecule has 0 atom stereocenters. The summed E-state index contributed by atoms with van der Waals surface area (Å²) in [6, 6.07) is 0. The van der Waals surface area contributed by atoms with Crippen LogP contribution in [0.15, 0.2) is 5.10 Å². The summed E-state index contributed by atoms with van der Waals surface area (Å²) in [6.07, 6.45) is 3.68. The molecular weight excluding hydrogens is 146 g/mol. The Balaban J connectivity index is 3.04. The third kappa shape index (κ3) is 5.75. The largest absolute Gasteiger partial charge is 0.377 e. The molecule has 0 fully saturated rings. The van der Waals surface area contributed by atoms with Crippen molar-refractivity contribution in [3.8, 4) is 0 Å². The molecule has 60 valence electrons. The van der Waals surface area contributed by atoms with Gasteiger partial charge in [-0.05, 0) is 6.42 Å². The van der Waals surface area contributed by atoms with Crippen LogP contribution < -0.4 is 11.6 Å². The second-order valence-electron chi connectivity index (χ2n) is 2.02. The van der Waals surface area contributed by atoms with Gasteiger partial charge >= 0.3 is 0 Å². The van der Waals surface area contributed by atoms with Crippen molar-refractivity contribution in [2.45, 2.75) is 26.2 Å². The summed E-state index contributed by atoms with van der Waals surface area (Å²) in [7, 11) is 0. The van der Waals surface area contributed by atoms with E-state index in [2.05, 4.69) is 12.0 Å². The van der Waals surface area contributed by atoms with Gasteiger partial charge in [0.15, 0.2) is 5.17 Å². The molecule has 0 aromatic heterocycles. The molecule has 0 rings (SSSR count). The summed E-state index contributed by atoms with van der Waals surface area (Å²) < 4.78 is 0. The van der Waals surface area contributed by atoms with Gasteiger partial charge in [-0.25, -0.2) is 0 Å². The van der Waals surface area contributed by atoms with E-state index in [9.17, 15) is 0 Å². The molecule has 0 saturated carbocycles. The van der Waals surface area contributed by atoms with Gasteiger partial charge < -0.3 is 11.6 Å². The van der Waals surface area contributed by atoms with Gasteiger partial charge in [0.1, 0.15) is 0 Å². The molecule has 4 N–H and O–H groups in total. The summed E-state index contributed by atoms with van der Waals surface area (Å²) in [6.45, 7) is 2.17. The van der Waals surface area contributed by atoms with E-state index in [1.807, 2.05) is 0 Å². The SMILES string of the molecule is CCCCCSC(N)=NN. The fourth-order valence-electron chi connectivity index (χ4n) is 0.566. The lowest BCUT2D eigenvalue weighted by Crippen LogP contribution is -2.09. The molecule has 0 unspecified atom stereocenters. The van der Waals surface area contributed by atoms with Crippen LogP contribution in [0, 0.1) is 0 Å². The monoisotopic (exact) mass is 161 g/mol. The van der Waals surface area contributed by atoms with Crippen molar-refractivity contribution in [3.63, 3.8) is 0 Å². The minimum Gasteiger partial charge on any atom is -0.377 e. The predicted molar refractivity (Wildman–Crippen MR) is 47.8 cm³/mol. The van der Waals surface area contributed by atoms with Crippen LogP contribution in [0.4, 0.5) is 0 Å². The summed E-state index contributed by atoms with van der Waals surface area (Å²) in [5.74, 6) is 5.96. The first kappa shape index (κ1) is 9.62. The Morgan fingerprint density at radius 2 is 2.20 bits per heavy atom. The van der Waals surface area contributed by atoms with Gasteiger partial charge in [0.05, 0.1) is 0 Å². The van der Waals surface area contributed by atoms with Gasteiger partial charge in [-0.15, -0.1) is 0 Å². The highest BCUT2D eigenvalue weighted by atomic mass is 32.2. The molecule has 0 saturated heterocycles. The van der Waals surface area contributed by atoms with Gasteiger partial charge in [-0.3, -0.25) is 0 Å². The van der Waals surface area contributed by atoms with Crippen molar-refractivity contribution in [2.24, 2.45) is 16.7 Å². The average molecular weight is 161 g/mol. The minimum absolute atomic E-state index is 0.483. The standard InChI is InChI=1S/C6H15N3S/c1-2-3-4-5-10-6(7)9-8/h2-5,8H2,1H3,(H2,7,9). The lowest BCUT2D eigenvalue weighted by Gasteiger charge is -1.96. The molecular formula is C6H15N3S. The molecule has 0 aromatic carbocycles. The average Bonchev–Trinajstić information content (AvgIpc) is 1.98. The van der Waals surface area contributed by atoms with Crippen LogP contribution in [0.1, 0.15) is 26.2 Å². The van der Waals surface area contributed by atoms with Crippen LogP contribution in [-0.4, -0.2) is 10.9 Å². The van der Waals surface area contributed by atoms with Crippen molar-refractivity contribution in [2.75, 3.05) is 5.75 Å². The van der Waals surface area contributed by atoms with E-state index in [1.54, 1.807) is 0 Å². The number of thioether (sulfide) groups is 1. The number of hydrogen-bond acceptors (Lipinski definition) is 3. The fourth-order valence-corrected chi connectivity index (χ4v) is 1.20. The predicted octanol–water partition coefficient (Wildman–Crippen LogP) is 1.10. The molecule has 4 heteroatoms. The first-order valence-corrected chi connectivity index (χ1v) is 4.46. The number of unbranched alkanes of at least 4 members (excludes halogenated alkanes) is 2. The summed E-state index contributed by atoms with van der Waals surface area (Å²) in [4.78, 5) is 0. The van der Waals surface area contributed by atoms with Gasteiger partial charge in [0.25, 0.3) is 0 Å². The fraction of sp³-hybridized carbons (Fsp3) is 0.833. The number of rotatable bonds is 4. The highest BCUT2D eigenvalue weighted by Gasteiger charge is 1.91. The number of amidine groups is 1. The molecule has 0 amide bonds. The third-order valence-electron chi connectivity index (χ3n) is 1.13. The first-order chi connectivity index (χ1) is 4.81. The molecule has 0 radical (unpaired) electrons. The molecule has 0 aliphatic heterocycles. The maximum atomic E-state index is 5.34. The van der Waals surface area contributed by atoms with Crippen LogP contribution in [-0.2, 0) is 0 Å². The Labute approximate surface area is 66.2 Å². The molecule has 3 nitrogen and oxygen atoms in total. The van der Waals surface area contributed by atoms with E-state index in [1.165, 1.54) is 31.0 Å². The number of hydrazone groups is 1.